The van der Waals surface area contributed by atoms with Crippen LogP contribution in [-0.4, -0.2) is 35.7 Å². The van der Waals surface area contributed by atoms with E-state index >= 15 is 0 Å². The number of likely N-dealkylation sites (N-methyl/N-ethyl adjacent to an activating group) is 1. The van der Waals surface area contributed by atoms with Gasteiger partial charge in [-0.25, -0.2) is 0 Å². The fraction of sp³-hybridized carbons (Fsp3) is 0.800. The molecule has 0 atom stereocenters. The molecule has 2 heteroatoms. The standard InChI is InChI=1S/C10H19NO/c1-10(2,12)7-9-5-4-6-11(3)8-9/h5,12H,4,6-8H2,1-3H3. The molecule has 1 heterocycles. The van der Waals surface area contributed by atoms with Gasteiger partial charge < -0.3 is 10.0 Å². The summed E-state index contributed by atoms with van der Waals surface area (Å²) in [5, 5.41) is 9.60. The summed E-state index contributed by atoms with van der Waals surface area (Å²) in [6.45, 7) is 5.89. The Morgan fingerprint density at radius 2 is 2.25 bits per heavy atom. The molecule has 2 nitrogen and oxygen atoms in total. The van der Waals surface area contributed by atoms with Crippen LogP contribution in [0.2, 0.25) is 0 Å². The zero-order valence-electron chi connectivity index (χ0n) is 8.30. The van der Waals surface area contributed by atoms with Crippen molar-refractivity contribution in [1.82, 2.24) is 4.90 Å². The molecular weight excluding hydrogens is 150 g/mol. The molecule has 0 bridgehead atoms. The van der Waals surface area contributed by atoms with E-state index in [9.17, 15) is 5.11 Å². The highest BCUT2D eigenvalue weighted by molar-refractivity contribution is 5.10. The minimum atomic E-state index is -0.552. The van der Waals surface area contributed by atoms with Crippen LogP contribution in [0.25, 0.3) is 0 Å². The third-order valence-corrected chi connectivity index (χ3v) is 2.08. The van der Waals surface area contributed by atoms with Crippen molar-refractivity contribution in [2.24, 2.45) is 0 Å². The molecule has 1 rings (SSSR count). The van der Waals surface area contributed by atoms with Crippen LogP contribution < -0.4 is 0 Å². The van der Waals surface area contributed by atoms with Gasteiger partial charge in [-0.2, -0.15) is 0 Å². The maximum atomic E-state index is 9.60. The van der Waals surface area contributed by atoms with Gasteiger partial charge in [0.1, 0.15) is 0 Å². The molecule has 0 unspecified atom stereocenters. The highest BCUT2D eigenvalue weighted by Crippen LogP contribution is 2.19. The third kappa shape index (κ3) is 3.37. The van der Waals surface area contributed by atoms with Crippen LogP contribution >= 0.6 is 0 Å². The average molecular weight is 169 g/mol. The van der Waals surface area contributed by atoms with Crippen LogP contribution in [0.15, 0.2) is 11.6 Å². The SMILES string of the molecule is CN1CCC=C(CC(C)(C)O)C1. The lowest BCUT2D eigenvalue weighted by atomic mass is 9.96. The predicted octanol–water partition coefficient (Wildman–Crippen LogP) is 1.41. The molecule has 0 aromatic heterocycles. The summed E-state index contributed by atoms with van der Waals surface area (Å²) in [6.07, 6.45) is 4.19. The first-order chi connectivity index (χ1) is 5.47. The number of aliphatic hydroxyl groups is 1. The zero-order valence-corrected chi connectivity index (χ0v) is 8.30. The summed E-state index contributed by atoms with van der Waals surface area (Å²) in [5.41, 5.74) is 0.820. The van der Waals surface area contributed by atoms with E-state index < -0.39 is 5.60 Å². The summed E-state index contributed by atoms with van der Waals surface area (Å²) < 4.78 is 0. The smallest absolute Gasteiger partial charge is 0.0629 e. The molecule has 1 N–H and O–H groups in total. The average Bonchev–Trinajstić information content (AvgIpc) is 1.82. The minimum Gasteiger partial charge on any atom is -0.390 e. The molecule has 1 aliphatic heterocycles. The normalized spacial score (nSPS) is 20.8. The Morgan fingerprint density at radius 1 is 1.58 bits per heavy atom. The summed E-state index contributed by atoms with van der Waals surface area (Å²) in [6, 6.07) is 0. The number of rotatable bonds is 2. The number of hydrogen-bond donors (Lipinski definition) is 1. The topological polar surface area (TPSA) is 23.5 Å². The molecule has 0 saturated heterocycles. The van der Waals surface area contributed by atoms with E-state index in [1.807, 2.05) is 13.8 Å². The van der Waals surface area contributed by atoms with Crippen molar-refractivity contribution in [2.45, 2.75) is 32.3 Å². The quantitative estimate of drug-likeness (QED) is 0.632. The number of nitrogens with zero attached hydrogens (tertiary/aromatic N) is 1. The van der Waals surface area contributed by atoms with E-state index in [-0.39, 0.29) is 0 Å². The molecule has 0 radical (unpaired) electrons. The van der Waals surface area contributed by atoms with E-state index in [2.05, 4.69) is 18.0 Å². The maximum Gasteiger partial charge on any atom is 0.0629 e. The molecule has 70 valence electrons. The molecular formula is C10H19NO. The Bertz CT molecular complexity index is 179. The van der Waals surface area contributed by atoms with E-state index in [0.29, 0.717) is 0 Å². The van der Waals surface area contributed by atoms with Crippen LogP contribution in [-0.2, 0) is 0 Å². The number of hydrogen-bond acceptors (Lipinski definition) is 2. The van der Waals surface area contributed by atoms with Crippen molar-refractivity contribution < 1.29 is 5.11 Å². The molecule has 0 aliphatic carbocycles. The Kier molecular flexibility index (Phi) is 2.91. The highest BCUT2D eigenvalue weighted by Gasteiger charge is 2.17. The van der Waals surface area contributed by atoms with Gasteiger partial charge in [-0.3, -0.25) is 0 Å². The van der Waals surface area contributed by atoms with Crippen molar-refractivity contribution >= 4 is 0 Å². The van der Waals surface area contributed by atoms with Crippen molar-refractivity contribution in [2.75, 3.05) is 20.1 Å². The Labute approximate surface area is 74.9 Å². The third-order valence-electron chi connectivity index (χ3n) is 2.08. The van der Waals surface area contributed by atoms with E-state index in [4.69, 9.17) is 0 Å². The molecule has 1 aliphatic rings. The van der Waals surface area contributed by atoms with Crippen molar-refractivity contribution in [1.29, 1.82) is 0 Å². The Morgan fingerprint density at radius 3 is 2.75 bits per heavy atom. The van der Waals surface area contributed by atoms with Gasteiger partial charge in [0, 0.05) is 13.1 Å². The second-order valence-corrected chi connectivity index (χ2v) is 4.38. The Hall–Kier alpha value is -0.340. The highest BCUT2D eigenvalue weighted by atomic mass is 16.3. The van der Waals surface area contributed by atoms with Gasteiger partial charge in [0.05, 0.1) is 5.60 Å². The summed E-state index contributed by atoms with van der Waals surface area (Å²) in [4.78, 5) is 2.29. The van der Waals surface area contributed by atoms with Crippen LogP contribution in [0.1, 0.15) is 26.7 Å². The van der Waals surface area contributed by atoms with E-state index in [1.54, 1.807) is 0 Å². The van der Waals surface area contributed by atoms with E-state index in [1.165, 1.54) is 5.57 Å². The summed E-state index contributed by atoms with van der Waals surface area (Å²) in [7, 11) is 2.12. The van der Waals surface area contributed by atoms with E-state index in [0.717, 1.165) is 25.9 Å². The minimum absolute atomic E-state index is 0.552. The lowest BCUT2D eigenvalue weighted by molar-refractivity contribution is 0.0784. The fourth-order valence-corrected chi connectivity index (χ4v) is 1.66. The maximum absolute atomic E-state index is 9.60. The second kappa shape index (κ2) is 3.58. The van der Waals surface area contributed by atoms with Crippen LogP contribution in [0.4, 0.5) is 0 Å². The van der Waals surface area contributed by atoms with Crippen LogP contribution in [0, 0.1) is 0 Å². The lowest BCUT2D eigenvalue weighted by Gasteiger charge is -2.26. The van der Waals surface area contributed by atoms with Crippen LogP contribution in [0.5, 0.6) is 0 Å². The second-order valence-electron chi connectivity index (χ2n) is 4.38. The first kappa shape index (κ1) is 9.75. The van der Waals surface area contributed by atoms with Gasteiger partial charge in [-0.15, -0.1) is 0 Å². The van der Waals surface area contributed by atoms with Gasteiger partial charge >= 0.3 is 0 Å². The first-order valence-electron chi connectivity index (χ1n) is 4.56. The summed E-state index contributed by atoms with van der Waals surface area (Å²) >= 11 is 0. The molecule has 0 aromatic rings. The zero-order chi connectivity index (χ0) is 9.19. The lowest BCUT2D eigenvalue weighted by Crippen LogP contribution is -2.29. The van der Waals surface area contributed by atoms with Gasteiger partial charge in [0.2, 0.25) is 0 Å². The van der Waals surface area contributed by atoms with Crippen molar-refractivity contribution in [3.63, 3.8) is 0 Å². The van der Waals surface area contributed by atoms with Gasteiger partial charge in [-0.1, -0.05) is 11.6 Å². The largest absolute Gasteiger partial charge is 0.390 e. The predicted molar refractivity (Wildman–Crippen MR) is 51.1 cm³/mol. The van der Waals surface area contributed by atoms with Gasteiger partial charge in [0.15, 0.2) is 0 Å². The van der Waals surface area contributed by atoms with Gasteiger partial charge in [0.25, 0.3) is 0 Å². The molecule has 0 amide bonds. The van der Waals surface area contributed by atoms with Crippen LogP contribution in [0.3, 0.4) is 0 Å². The molecule has 0 spiro atoms. The molecule has 0 aromatic carbocycles. The fourth-order valence-electron chi connectivity index (χ4n) is 1.66. The molecule has 0 saturated carbocycles. The van der Waals surface area contributed by atoms with Crippen molar-refractivity contribution in [3.05, 3.63) is 11.6 Å². The van der Waals surface area contributed by atoms with Gasteiger partial charge in [-0.05, 0) is 33.7 Å². The molecule has 0 fully saturated rings. The molecule has 12 heavy (non-hydrogen) atoms. The monoisotopic (exact) mass is 169 g/mol. The van der Waals surface area contributed by atoms with Crippen molar-refractivity contribution in [3.8, 4) is 0 Å². The summed E-state index contributed by atoms with van der Waals surface area (Å²) in [5.74, 6) is 0. The Balaban J connectivity index is 2.47. The first-order valence-corrected chi connectivity index (χ1v) is 4.56.